The number of carbonyl (C=O) groups excluding carboxylic acids is 2. The van der Waals surface area contributed by atoms with Crippen molar-refractivity contribution in [3.05, 3.63) is 28.9 Å². The minimum absolute atomic E-state index is 0.132. The smallest absolute Gasteiger partial charge is 0.356 e. The Labute approximate surface area is 157 Å². The number of aromatic nitrogens is 1. The molecule has 3 N–H and O–H groups in total. The summed E-state index contributed by atoms with van der Waals surface area (Å²) in [5, 5.41) is 3.98. The standard InChI is InChI=1S/C19H24ClN3O3/c1-11-7-12(2)9-23(8-11)10-15(24)22-17-16-13(20)5-4-6-14(16)21-18(17)19(25)26-3/h4-6,11-12,21H,7-10H2,1-3H3,(H,22,24)/p+1/t11-,12+. The summed E-state index contributed by atoms with van der Waals surface area (Å²) in [6, 6.07) is 5.32. The number of benzene rings is 1. The fraction of sp³-hybridized carbons (Fsp3) is 0.474. The molecule has 0 bridgehead atoms. The molecular weight excluding hydrogens is 354 g/mol. The first-order valence-corrected chi connectivity index (χ1v) is 9.28. The number of aromatic amines is 1. The van der Waals surface area contributed by atoms with Gasteiger partial charge in [-0.2, -0.15) is 0 Å². The van der Waals surface area contributed by atoms with Crippen LogP contribution in [0.15, 0.2) is 18.2 Å². The monoisotopic (exact) mass is 378 g/mol. The van der Waals surface area contributed by atoms with Crippen LogP contribution >= 0.6 is 11.6 Å². The highest BCUT2D eigenvalue weighted by Gasteiger charge is 2.28. The highest BCUT2D eigenvalue weighted by Crippen LogP contribution is 2.33. The molecule has 0 saturated carbocycles. The van der Waals surface area contributed by atoms with Crippen LogP contribution in [0.1, 0.15) is 30.8 Å². The number of ether oxygens (including phenoxy) is 1. The SMILES string of the molecule is COC(=O)c1[nH]c2cccc(Cl)c2c1NC(=O)C[NH+]1C[C@H](C)C[C@H](C)C1. The second kappa shape index (κ2) is 7.68. The lowest BCUT2D eigenvalue weighted by molar-refractivity contribution is -0.904. The number of likely N-dealkylation sites (tertiary alicyclic amines) is 1. The van der Waals surface area contributed by atoms with Crippen LogP contribution in [0.3, 0.4) is 0 Å². The molecule has 0 radical (unpaired) electrons. The van der Waals surface area contributed by atoms with E-state index in [-0.39, 0.29) is 11.6 Å². The van der Waals surface area contributed by atoms with Crippen LogP contribution < -0.4 is 10.2 Å². The summed E-state index contributed by atoms with van der Waals surface area (Å²) in [6.07, 6.45) is 1.20. The van der Waals surface area contributed by atoms with Crippen molar-refractivity contribution in [3.8, 4) is 0 Å². The second-order valence-electron chi connectivity index (χ2n) is 7.36. The first kappa shape index (κ1) is 18.7. The molecule has 26 heavy (non-hydrogen) atoms. The maximum absolute atomic E-state index is 12.7. The third kappa shape index (κ3) is 3.86. The largest absolute Gasteiger partial charge is 0.464 e. The van der Waals surface area contributed by atoms with Gasteiger partial charge in [0.2, 0.25) is 0 Å². The molecule has 6 nitrogen and oxygen atoms in total. The zero-order chi connectivity index (χ0) is 18.8. The van der Waals surface area contributed by atoms with Gasteiger partial charge in [0.25, 0.3) is 5.91 Å². The van der Waals surface area contributed by atoms with E-state index in [1.807, 2.05) is 6.07 Å². The number of H-pyrrole nitrogens is 1. The minimum atomic E-state index is -0.542. The third-order valence-electron chi connectivity index (χ3n) is 4.92. The second-order valence-corrected chi connectivity index (χ2v) is 7.77. The number of fused-ring (bicyclic) bond motifs is 1. The highest BCUT2D eigenvalue weighted by molar-refractivity contribution is 6.37. The molecule has 1 saturated heterocycles. The number of hydrogen-bond donors (Lipinski definition) is 3. The van der Waals surface area contributed by atoms with Crippen LogP contribution in [-0.4, -0.2) is 43.6 Å². The van der Waals surface area contributed by atoms with Crippen molar-refractivity contribution < 1.29 is 19.2 Å². The number of rotatable bonds is 4. The lowest BCUT2D eigenvalue weighted by atomic mass is 9.92. The Morgan fingerprint density at radius 2 is 2.00 bits per heavy atom. The Morgan fingerprint density at radius 1 is 1.31 bits per heavy atom. The van der Waals surface area contributed by atoms with E-state index in [1.165, 1.54) is 18.4 Å². The van der Waals surface area contributed by atoms with E-state index < -0.39 is 5.97 Å². The molecule has 3 atom stereocenters. The summed E-state index contributed by atoms with van der Waals surface area (Å²) in [5.74, 6) is 0.539. The molecule has 0 aliphatic carbocycles. The van der Waals surface area contributed by atoms with Crippen molar-refractivity contribution in [3.63, 3.8) is 0 Å². The molecule has 7 heteroatoms. The van der Waals surface area contributed by atoms with Gasteiger partial charge in [-0.1, -0.05) is 31.5 Å². The van der Waals surface area contributed by atoms with E-state index in [0.717, 1.165) is 13.1 Å². The number of nitrogens with one attached hydrogen (secondary N) is 3. The normalized spacial score (nSPS) is 23.0. The highest BCUT2D eigenvalue weighted by atomic mass is 35.5. The van der Waals surface area contributed by atoms with E-state index in [4.69, 9.17) is 16.3 Å². The molecular formula is C19H25ClN3O3+. The number of amides is 1. The first-order chi connectivity index (χ1) is 12.4. The van der Waals surface area contributed by atoms with Crippen molar-refractivity contribution in [2.24, 2.45) is 11.8 Å². The maximum Gasteiger partial charge on any atom is 0.356 e. The summed E-state index contributed by atoms with van der Waals surface area (Å²) in [7, 11) is 1.31. The van der Waals surface area contributed by atoms with E-state index in [2.05, 4.69) is 24.1 Å². The Balaban J connectivity index is 1.85. The minimum Gasteiger partial charge on any atom is -0.464 e. The van der Waals surface area contributed by atoms with Crippen LogP contribution in [0, 0.1) is 11.8 Å². The lowest BCUT2D eigenvalue weighted by Crippen LogP contribution is -3.15. The predicted molar refractivity (Wildman–Crippen MR) is 102 cm³/mol. The van der Waals surface area contributed by atoms with Crippen LogP contribution in [0.2, 0.25) is 5.02 Å². The molecule has 2 heterocycles. The third-order valence-corrected chi connectivity index (χ3v) is 5.23. The quantitative estimate of drug-likeness (QED) is 0.713. The Bertz CT molecular complexity index is 823. The topological polar surface area (TPSA) is 75.6 Å². The molecule has 1 unspecified atom stereocenters. The fourth-order valence-corrected chi connectivity index (χ4v) is 4.33. The van der Waals surface area contributed by atoms with E-state index in [0.29, 0.717) is 40.0 Å². The molecule has 1 aromatic carbocycles. The van der Waals surface area contributed by atoms with Gasteiger partial charge in [-0.05, 0) is 18.6 Å². The van der Waals surface area contributed by atoms with Crippen molar-refractivity contribution in [1.82, 2.24) is 4.98 Å². The molecule has 1 aliphatic heterocycles. The molecule has 1 amide bonds. The first-order valence-electron chi connectivity index (χ1n) is 8.91. The maximum atomic E-state index is 12.7. The number of hydrogen-bond acceptors (Lipinski definition) is 3. The predicted octanol–water partition coefficient (Wildman–Crippen LogP) is 2.11. The van der Waals surface area contributed by atoms with Crippen molar-refractivity contribution in [2.45, 2.75) is 20.3 Å². The summed E-state index contributed by atoms with van der Waals surface area (Å²) in [4.78, 5) is 29.1. The zero-order valence-electron chi connectivity index (χ0n) is 15.3. The van der Waals surface area contributed by atoms with Gasteiger partial charge in [0.05, 0.1) is 30.9 Å². The average molecular weight is 379 g/mol. The van der Waals surface area contributed by atoms with Gasteiger partial charge in [-0.25, -0.2) is 4.79 Å². The van der Waals surface area contributed by atoms with Crippen LogP contribution in [-0.2, 0) is 9.53 Å². The van der Waals surface area contributed by atoms with E-state index in [9.17, 15) is 9.59 Å². The number of piperidine rings is 1. The number of quaternary nitrogens is 1. The van der Waals surface area contributed by atoms with Gasteiger partial charge >= 0.3 is 5.97 Å². The number of carbonyl (C=O) groups is 2. The van der Waals surface area contributed by atoms with Crippen LogP contribution in [0.5, 0.6) is 0 Å². The van der Waals surface area contributed by atoms with Crippen molar-refractivity contribution >= 4 is 40.1 Å². The number of anilines is 1. The Kier molecular flexibility index (Phi) is 5.53. The average Bonchev–Trinajstić information content (AvgIpc) is 2.92. The molecule has 2 aromatic rings. The summed E-state index contributed by atoms with van der Waals surface area (Å²) >= 11 is 6.31. The van der Waals surface area contributed by atoms with Gasteiger partial charge < -0.3 is 19.9 Å². The van der Waals surface area contributed by atoms with Gasteiger partial charge in [-0.15, -0.1) is 0 Å². The molecule has 140 valence electrons. The Hall–Kier alpha value is -2.05. The van der Waals surface area contributed by atoms with Crippen molar-refractivity contribution in [2.75, 3.05) is 32.1 Å². The summed E-state index contributed by atoms with van der Waals surface area (Å²) in [5.41, 5.74) is 1.28. The lowest BCUT2D eigenvalue weighted by Gasteiger charge is -2.31. The van der Waals surface area contributed by atoms with Crippen molar-refractivity contribution in [1.29, 1.82) is 0 Å². The molecule has 3 rings (SSSR count). The Morgan fingerprint density at radius 3 is 2.65 bits per heavy atom. The molecule has 0 spiro atoms. The van der Waals surface area contributed by atoms with Crippen LogP contribution in [0.25, 0.3) is 10.9 Å². The van der Waals surface area contributed by atoms with Crippen LogP contribution in [0.4, 0.5) is 5.69 Å². The summed E-state index contributed by atoms with van der Waals surface area (Å²) in [6.45, 7) is 6.78. The van der Waals surface area contributed by atoms with Gasteiger partial charge in [0.15, 0.2) is 6.54 Å². The fourth-order valence-electron chi connectivity index (χ4n) is 4.06. The number of halogens is 1. The molecule has 1 aliphatic rings. The van der Waals surface area contributed by atoms with Gasteiger partial charge in [-0.3, -0.25) is 4.79 Å². The molecule has 1 fully saturated rings. The summed E-state index contributed by atoms with van der Waals surface area (Å²) < 4.78 is 4.84. The van der Waals surface area contributed by atoms with Gasteiger partial charge in [0, 0.05) is 22.7 Å². The van der Waals surface area contributed by atoms with E-state index in [1.54, 1.807) is 12.1 Å². The van der Waals surface area contributed by atoms with E-state index >= 15 is 0 Å². The zero-order valence-corrected chi connectivity index (χ0v) is 16.1. The van der Waals surface area contributed by atoms with Gasteiger partial charge in [0.1, 0.15) is 5.69 Å². The molecule has 1 aromatic heterocycles. The number of methoxy groups -OCH3 is 1. The number of esters is 1.